The third-order valence-electron chi connectivity index (χ3n) is 3.00. The van der Waals surface area contributed by atoms with E-state index >= 15 is 0 Å². The molecule has 0 amide bonds. The molecular weight excluding hydrogens is 265 g/mol. The topological polar surface area (TPSA) is 51.4 Å². The summed E-state index contributed by atoms with van der Waals surface area (Å²) in [5, 5.41) is 7.64. The van der Waals surface area contributed by atoms with Crippen LogP contribution in [0, 0.1) is 10.6 Å². The van der Waals surface area contributed by atoms with Crippen LogP contribution in [0.15, 0.2) is 30.6 Å². The van der Waals surface area contributed by atoms with Crippen LogP contribution in [0.2, 0.25) is 0 Å². The van der Waals surface area contributed by atoms with Crippen molar-refractivity contribution < 1.29 is 4.39 Å². The largest absolute Gasteiger partial charge is 0.328 e. The minimum absolute atomic E-state index is 0.279. The SMILES string of the molecule is Fc1cccc2c1[nH]c(=S)n2CCCn1ccnn1. The molecule has 2 aromatic heterocycles. The summed E-state index contributed by atoms with van der Waals surface area (Å²) in [4.78, 5) is 2.91. The van der Waals surface area contributed by atoms with Gasteiger partial charge in [-0.15, -0.1) is 5.10 Å². The average molecular weight is 277 g/mol. The average Bonchev–Trinajstić information content (AvgIpc) is 3.00. The van der Waals surface area contributed by atoms with Crippen LogP contribution >= 0.6 is 12.2 Å². The number of imidazole rings is 1. The fraction of sp³-hybridized carbons (Fsp3) is 0.250. The summed E-state index contributed by atoms with van der Waals surface area (Å²) in [5.41, 5.74) is 1.26. The Balaban J connectivity index is 1.83. The van der Waals surface area contributed by atoms with Crippen LogP contribution in [0.25, 0.3) is 11.0 Å². The van der Waals surface area contributed by atoms with Crippen molar-refractivity contribution in [2.45, 2.75) is 19.5 Å². The molecule has 0 spiro atoms. The molecule has 0 saturated heterocycles. The summed E-state index contributed by atoms with van der Waals surface area (Å²) in [5.74, 6) is -0.279. The van der Waals surface area contributed by atoms with Crippen LogP contribution < -0.4 is 0 Å². The van der Waals surface area contributed by atoms with Gasteiger partial charge in [0, 0.05) is 19.3 Å². The van der Waals surface area contributed by atoms with E-state index in [0.717, 1.165) is 18.5 Å². The maximum Gasteiger partial charge on any atom is 0.178 e. The first-order valence-corrected chi connectivity index (χ1v) is 6.37. The number of benzene rings is 1. The van der Waals surface area contributed by atoms with Crippen LogP contribution in [-0.4, -0.2) is 24.5 Å². The van der Waals surface area contributed by atoms with Gasteiger partial charge in [0.2, 0.25) is 0 Å². The van der Waals surface area contributed by atoms with Crippen molar-refractivity contribution in [2.24, 2.45) is 0 Å². The maximum absolute atomic E-state index is 13.6. The predicted molar refractivity (Wildman–Crippen MR) is 71.7 cm³/mol. The van der Waals surface area contributed by atoms with E-state index in [0.29, 0.717) is 16.8 Å². The number of aromatic nitrogens is 5. The van der Waals surface area contributed by atoms with Crippen LogP contribution in [0.5, 0.6) is 0 Å². The quantitative estimate of drug-likeness (QED) is 0.746. The molecule has 7 heteroatoms. The van der Waals surface area contributed by atoms with Crippen molar-refractivity contribution in [3.8, 4) is 0 Å². The number of hydrogen-bond donors (Lipinski definition) is 1. The smallest absolute Gasteiger partial charge is 0.178 e. The van der Waals surface area contributed by atoms with E-state index in [9.17, 15) is 4.39 Å². The molecule has 1 aromatic carbocycles. The van der Waals surface area contributed by atoms with E-state index in [1.165, 1.54) is 6.07 Å². The lowest BCUT2D eigenvalue weighted by molar-refractivity contribution is 0.517. The molecule has 0 fully saturated rings. The molecule has 0 saturated carbocycles. The minimum Gasteiger partial charge on any atom is -0.328 e. The van der Waals surface area contributed by atoms with E-state index < -0.39 is 0 Å². The molecule has 1 N–H and O–H groups in total. The highest BCUT2D eigenvalue weighted by Crippen LogP contribution is 2.17. The molecule has 0 aliphatic rings. The summed E-state index contributed by atoms with van der Waals surface area (Å²) in [7, 11) is 0. The van der Waals surface area contributed by atoms with Crippen LogP contribution in [-0.2, 0) is 13.1 Å². The number of aromatic amines is 1. The third-order valence-corrected chi connectivity index (χ3v) is 3.32. The number of aryl methyl sites for hydroxylation is 2. The van der Waals surface area contributed by atoms with Gasteiger partial charge < -0.3 is 9.55 Å². The fourth-order valence-corrected chi connectivity index (χ4v) is 2.40. The maximum atomic E-state index is 13.6. The van der Waals surface area contributed by atoms with Crippen molar-refractivity contribution in [1.82, 2.24) is 24.5 Å². The molecule has 0 radical (unpaired) electrons. The van der Waals surface area contributed by atoms with E-state index in [1.54, 1.807) is 16.9 Å². The molecule has 0 unspecified atom stereocenters. The molecule has 3 aromatic rings. The first-order chi connectivity index (χ1) is 9.25. The summed E-state index contributed by atoms with van der Waals surface area (Å²) >= 11 is 5.23. The fourth-order valence-electron chi connectivity index (χ4n) is 2.11. The van der Waals surface area contributed by atoms with Gasteiger partial charge in [0.05, 0.1) is 11.7 Å². The van der Waals surface area contributed by atoms with Gasteiger partial charge in [0.1, 0.15) is 11.3 Å². The number of rotatable bonds is 4. The molecule has 0 aliphatic heterocycles. The number of para-hydroxylation sites is 1. The van der Waals surface area contributed by atoms with E-state index in [1.807, 2.05) is 16.8 Å². The lowest BCUT2D eigenvalue weighted by atomic mass is 10.3. The van der Waals surface area contributed by atoms with E-state index in [4.69, 9.17) is 12.2 Å². The number of H-pyrrole nitrogens is 1. The zero-order valence-corrected chi connectivity index (χ0v) is 10.9. The van der Waals surface area contributed by atoms with Crippen molar-refractivity contribution >= 4 is 23.3 Å². The first-order valence-electron chi connectivity index (χ1n) is 5.97. The van der Waals surface area contributed by atoms with Gasteiger partial charge in [-0.25, -0.2) is 4.39 Å². The van der Waals surface area contributed by atoms with Crippen molar-refractivity contribution in [3.63, 3.8) is 0 Å². The summed E-state index contributed by atoms with van der Waals surface area (Å²) in [6.45, 7) is 1.46. The second-order valence-electron chi connectivity index (χ2n) is 4.24. The number of halogens is 1. The van der Waals surface area contributed by atoms with Crippen molar-refractivity contribution in [2.75, 3.05) is 0 Å². The Morgan fingerprint density at radius 1 is 1.32 bits per heavy atom. The Kier molecular flexibility index (Phi) is 3.12. The Bertz CT molecular complexity index is 743. The van der Waals surface area contributed by atoms with E-state index in [-0.39, 0.29) is 5.82 Å². The van der Waals surface area contributed by atoms with Gasteiger partial charge in [-0.1, -0.05) is 11.3 Å². The Hall–Kier alpha value is -2.02. The first kappa shape index (κ1) is 12.0. The van der Waals surface area contributed by atoms with Gasteiger partial charge in [-0.05, 0) is 30.8 Å². The summed E-state index contributed by atoms with van der Waals surface area (Å²) in [6, 6.07) is 4.97. The molecule has 98 valence electrons. The molecule has 0 aliphatic carbocycles. The zero-order chi connectivity index (χ0) is 13.2. The monoisotopic (exact) mass is 277 g/mol. The molecule has 5 nitrogen and oxygen atoms in total. The molecule has 2 heterocycles. The second kappa shape index (κ2) is 4.93. The van der Waals surface area contributed by atoms with Crippen molar-refractivity contribution in [3.05, 3.63) is 41.2 Å². The van der Waals surface area contributed by atoms with Gasteiger partial charge in [0.25, 0.3) is 0 Å². The molecule has 0 atom stereocenters. The normalized spacial score (nSPS) is 11.2. The molecular formula is C12H12FN5S. The highest BCUT2D eigenvalue weighted by molar-refractivity contribution is 7.71. The second-order valence-corrected chi connectivity index (χ2v) is 4.62. The summed E-state index contributed by atoms with van der Waals surface area (Å²) in [6.07, 6.45) is 4.31. The number of nitrogens with one attached hydrogen (secondary N) is 1. The zero-order valence-electron chi connectivity index (χ0n) is 10.1. The third kappa shape index (κ3) is 2.28. The minimum atomic E-state index is -0.279. The van der Waals surface area contributed by atoms with Gasteiger partial charge in [-0.2, -0.15) is 0 Å². The van der Waals surface area contributed by atoms with Gasteiger partial charge in [0.15, 0.2) is 4.77 Å². The highest BCUT2D eigenvalue weighted by atomic mass is 32.1. The van der Waals surface area contributed by atoms with Crippen LogP contribution in [0.4, 0.5) is 4.39 Å². The highest BCUT2D eigenvalue weighted by Gasteiger charge is 2.07. The lowest BCUT2D eigenvalue weighted by Gasteiger charge is -2.04. The van der Waals surface area contributed by atoms with Crippen molar-refractivity contribution in [1.29, 1.82) is 0 Å². The Morgan fingerprint density at radius 3 is 3.00 bits per heavy atom. The van der Waals surface area contributed by atoms with E-state index in [2.05, 4.69) is 15.3 Å². The lowest BCUT2D eigenvalue weighted by Crippen LogP contribution is -2.04. The number of fused-ring (bicyclic) bond motifs is 1. The summed E-state index contributed by atoms with van der Waals surface area (Å²) < 4.78 is 17.8. The number of nitrogens with zero attached hydrogens (tertiary/aromatic N) is 4. The molecule has 3 rings (SSSR count). The van der Waals surface area contributed by atoms with Crippen LogP contribution in [0.3, 0.4) is 0 Å². The number of hydrogen-bond acceptors (Lipinski definition) is 3. The van der Waals surface area contributed by atoms with Gasteiger partial charge >= 0.3 is 0 Å². The standard InChI is InChI=1S/C12H12FN5S/c13-9-3-1-4-10-11(9)15-12(19)18(10)7-2-6-17-8-5-14-16-17/h1,3-5,8H,2,6-7H2,(H,15,19). The van der Waals surface area contributed by atoms with Crippen LogP contribution in [0.1, 0.15) is 6.42 Å². The Labute approximate surface area is 113 Å². The molecule has 0 bridgehead atoms. The predicted octanol–water partition coefficient (Wildman–Crippen LogP) is 2.52. The van der Waals surface area contributed by atoms with Gasteiger partial charge in [-0.3, -0.25) is 4.68 Å². The molecule has 19 heavy (non-hydrogen) atoms. The Morgan fingerprint density at radius 2 is 2.21 bits per heavy atom.